The van der Waals surface area contributed by atoms with Crippen LogP contribution < -0.4 is 14.8 Å². The number of piperazine rings is 1. The van der Waals surface area contributed by atoms with Crippen molar-refractivity contribution >= 4 is 0 Å². The van der Waals surface area contributed by atoms with Gasteiger partial charge < -0.3 is 24.8 Å². The topological polar surface area (TPSA) is 70.1 Å². The Labute approximate surface area is 186 Å². The van der Waals surface area contributed by atoms with Crippen LogP contribution in [0.1, 0.15) is 18.1 Å². The van der Waals surface area contributed by atoms with Crippen molar-refractivity contribution in [2.24, 2.45) is 0 Å². The smallest absolute Gasteiger partial charge is 0.161 e. The van der Waals surface area contributed by atoms with E-state index in [4.69, 9.17) is 9.47 Å². The van der Waals surface area contributed by atoms with Gasteiger partial charge in [0.05, 0.1) is 7.11 Å². The van der Waals surface area contributed by atoms with E-state index in [1.165, 1.54) is 5.56 Å². The van der Waals surface area contributed by atoms with E-state index in [-0.39, 0.29) is 6.61 Å². The van der Waals surface area contributed by atoms with E-state index < -0.39 is 6.10 Å². The van der Waals surface area contributed by atoms with Crippen molar-refractivity contribution in [3.63, 3.8) is 0 Å². The second-order valence-corrected chi connectivity index (χ2v) is 7.97. The van der Waals surface area contributed by atoms with E-state index in [0.29, 0.717) is 18.0 Å². The second-order valence-electron chi connectivity index (χ2n) is 7.97. The molecular weight excluding hydrogens is 392 g/mol. The Morgan fingerprint density at radius 2 is 1.77 bits per heavy atom. The number of pyridine rings is 1. The van der Waals surface area contributed by atoms with E-state index in [9.17, 15) is 5.11 Å². The van der Waals surface area contributed by atoms with Crippen molar-refractivity contribution in [3.8, 4) is 11.5 Å². The summed E-state index contributed by atoms with van der Waals surface area (Å²) in [4.78, 5) is 8.78. The van der Waals surface area contributed by atoms with Gasteiger partial charge in [-0.25, -0.2) is 0 Å². The molecule has 31 heavy (non-hydrogen) atoms. The molecule has 3 rings (SSSR count). The van der Waals surface area contributed by atoms with E-state index in [2.05, 4.69) is 27.0 Å². The number of hydrogen-bond acceptors (Lipinski definition) is 7. The summed E-state index contributed by atoms with van der Waals surface area (Å²) in [6.45, 7) is 9.95. The minimum atomic E-state index is -0.521. The quantitative estimate of drug-likeness (QED) is 0.500. The van der Waals surface area contributed by atoms with Gasteiger partial charge in [-0.3, -0.25) is 9.88 Å². The molecule has 0 spiro atoms. The molecule has 1 aliphatic rings. The van der Waals surface area contributed by atoms with Gasteiger partial charge in [-0.15, -0.1) is 0 Å². The highest BCUT2D eigenvalue weighted by molar-refractivity contribution is 5.43. The fourth-order valence-corrected chi connectivity index (χ4v) is 3.78. The molecule has 170 valence electrons. The van der Waals surface area contributed by atoms with Gasteiger partial charge in [0.25, 0.3) is 0 Å². The van der Waals surface area contributed by atoms with E-state index in [1.807, 2.05) is 42.7 Å². The van der Waals surface area contributed by atoms with Gasteiger partial charge in [-0.1, -0.05) is 13.0 Å². The predicted molar refractivity (Wildman–Crippen MR) is 123 cm³/mol. The summed E-state index contributed by atoms with van der Waals surface area (Å²) in [7, 11) is 1.65. The van der Waals surface area contributed by atoms with Gasteiger partial charge in [-0.2, -0.15) is 0 Å². The number of aliphatic hydroxyl groups excluding tert-OH is 1. The largest absolute Gasteiger partial charge is 0.493 e. The highest BCUT2D eigenvalue weighted by atomic mass is 16.5. The third-order valence-electron chi connectivity index (χ3n) is 5.71. The van der Waals surface area contributed by atoms with Crippen LogP contribution in [0.15, 0.2) is 42.7 Å². The van der Waals surface area contributed by atoms with Crippen molar-refractivity contribution in [3.05, 3.63) is 53.9 Å². The van der Waals surface area contributed by atoms with Crippen LogP contribution in [0, 0.1) is 0 Å². The highest BCUT2D eigenvalue weighted by Crippen LogP contribution is 2.28. The Morgan fingerprint density at radius 1 is 1.03 bits per heavy atom. The number of nitrogens with zero attached hydrogens (tertiary/aromatic N) is 3. The standard InChI is InChI=1S/C24H36N4O3/c1-3-27-12-14-28(15-13-27)18-22(29)19-31-23-5-4-21(16-24(23)30-2)17-26-11-8-20-6-9-25-10-7-20/h4-7,9-10,16,22,26,29H,3,8,11-15,17-19H2,1-2H3. The van der Waals surface area contributed by atoms with Crippen LogP contribution in [0.5, 0.6) is 11.5 Å². The summed E-state index contributed by atoms with van der Waals surface area (Å²) in [6.07, 6.45) is 4.09. The molecule has 1 fully saturated rings. The molecule has 1 aromatic carbocycles. The predicted octanol–water partition coefficient (Wildman–Crippen LogP) is 1.80. The van der Waals surface area contributed by atoms with E-state index in [1.54, 1.807) is 7.11 Å². The summed E-state index contributed by atoms with van der Waals surface area (Å²) in [5.74, 6) is 1.36. The van der Waals surface area contributed by atoms with Gasteiger partial charge in [0.2, 0.25) is 0 Å². The molecule has 0 radical (unpaired) electrons. The molecule has 0 aliphatic carbocycles. The number of β-amino-alcohol motifs (C(OH)–C–C–N with tert-alkyl or cyclic N) is 1. The molecule has 0 amide bonds. The zero-order valence-corrected chi connectivity index (χ0v) is 18.8. The molecule has 7 nitrogen and oxygen atoms in total. The third kappa shape index (κ3) is 7.78. The maximum absolute atomic E-state index is 10.4. The highest BCUT2D eigenvalue weighted by Gasteiger charge is 2.19. The maximum atomic E-state index is 10.4. The number of aromatic nitrogens is 1. The van der Waals surface area contributed by atoms with Crippen LogP contribution in [0.25, 0.3) is 0 Å². The minimum Gasteiger partial charge on any atom is -0.493 e. The maximum Gasteiger partial charge on any atom is 0.161 e. The third-order valence-corrected chi connectivity index (χ3v) is 5.71. The van der Waals surface area contributed by atoms with Gasteiger partial charge in [0.1, 0.15) is 12.7 Å². The molecule has 1 atom stereocenters. The first kappa shape index (κ1) is 23.5. The van der Waals surface area contributed by atoms with Gasteiger partial charge in [0.15, 0.2) is 11.5 Å². The molecule has 1 unspecified atom stereocenters. The Morgan fingerprint density at radius 3 is 2.48 bits per heavy atom. The first-order valence-electron chi connectivity index (χ1n) is 11.2. The van der Waals surface area contributed by atoms with Crippen LogP contribution in [0.3, 0.4) is 0 Å². The number of ether oxygens (including phenoxy) is 2. The van der Waals surface area contributed by atoms with Crippen LogP contribution in [-0.2, 0) is 13.0 Å². The normalized spacial score (nSPS) is 16.2. The molecule has 0 bridgehead atoms. The number of rotatable bonds is 12. The molecule has 2 aromatic rings. The Balaban J connectivity index is 1.40. The lowest BCUT2D eigenvalue weighted by Gasteiger charge is -2.34. The van der Waals surface area contributed by atoms with Crippen LogP contribution in [-0.4, -0.2) is 85.5 Å². The number of hydrogen-bond donors (Lipinski definition) is 2. The molecule has 2 N–H and O–H groups in total. The van der Waals surface area contributed by atoms with Crippen LogP contribution in [0.4, 0.5) is 0 Å². The van der Waals surface area contributed by atoms with Crippen molar-refractivity contribution in [1.29, 1.82) is 0 Å². The summed E-state index contributed by atoms with van der Waals surface area (Å²) in [5, 5.41) is 13.9. The lowest BCUT2D eigenvalue weighted by atomic mass is 10.1. The Kier molecular flexibility index (Phi) is 9.55. The summed E-state index contributed by atoms with van der Waals surface area (Å²) in [5.41, 5.74) is 2.41. The monoisotopic (exact) mass is 428 g/mol. The van der Waals surface area contributed by atoms with Crippen molar-refractivity contribution < 1.29 is 14.6 Å². The zero-order chi connectivity index (χ0) is 21.9. The number of benzene rings is 1. The molecule has 2 heterocycles. The molecular formula is C24H36N4O3. The molecule has 1 saturated heterocycles. The number of methoxy groups -OCH3 is 1. The van der Waals surface area contributed by atoms with Crippen LogP contribution >= 0.6 is 0 Å². The first-order chi connectivity index (χ1) is 15.2. The average Bonchev–Trinajstić information content (AvgIpc) is 2.82. The Hall–Kier alpha value is -2.19. The summed E-state index contributed by atoms with van der Waals surface area (Å²) < 4.78 is 11.4. The average molecular weight is 429 g/mol. The SMILES string of the molecule is CCN1CCN(CC(O)COc2ccc(CNCCc3ccncc3)cc2OC)CC1. The van der Waals surface area contributed by atoms with Gasteiger partial charge in [0, 0.05) is 51.7 Å². The lowest BCUT2D eigenvalue weighted by Crippen LogP contribution is -2.49. The van der Waals surface area contributed by atoms with Crippen molar-refractivity contribution in [2.45, 2.75) is 26.0 Å². The molecule has 7 heteroatoms. The van der Waals surface area contributed by atoms with Crippen LogP contribution in [0.2, 0.25) is 0 Å². The molecule has 0 saturated carbocycles. The summed E-state index contributed by atoms with van der Waals surface area (Å²) >= 11 is 0. The summed E-state index contributed by atoms with van der Waals surface area (Å²) in [6, 6.07) is 10.0. The lowest BCUT2D eigenvalue weighted by molar-refractivity contribution is 0.0464. The minimum absolute atomic E-state index is 0.258. The molecule has 1 aliphatic heterocycles. The van der Waals surface area contributed by atoms with E-state index >= 15 is 0 Å². The number of aliphatic hydroxyl groups is 1. The fourth-order valence-electron chi connectivity index (χ4n) is 3.78. The van der Waals surface area contributed by atoms with Gasteiger partial charge in [-0.05, 0) is 54.9 Å². The number of likely N-dealkylation sites (N-methyl/N-ethyl adjacent to an activating group) is 1. The van der Waals surface area contributed by atoms with Crippen molar-refractivity contribution in [1.82, 2.24) is 20.1 Å². The Bertz CT molecular complexity index is 767. The van der Waals surface area contributed by atoms with Crippen molar-refractivity contribution in [2.75, 3.05) is 59.5 Å². The number of nitrogens with one attached hydrogen (secondary N) is 1. The molecule has 1 aromatic heterocycles. The zero-order valence-electron chi connectivity index (χ0n) is 18.8. The second kappa shape index (κ2) is 12.6. The fraction of sp³-hybridized carbons (Fsp3) is 0.542. The van der Waals surface area contributed by atoms with E-state index in [0.717, 1.165) is 57.8 Å². The van der Waals surface area contributed by atoms with Gasteiger partial charge >= 0.3 is 0 Å². The first-order valence-corrected chi connectivity index (χ1v) is 11.2.